The van der Waals surface area contributed by atoms with E-state index in [1.54, 1.807) is 43.8 Å². The Morgan fingerprint density at radius 1 is 0.773 bits per heavy atom. The molecule has 1 saturated heterocycles. The van der Waals surface area contributed by atoms with E-state index in [1.807, 2.05) is 0 Å². The van der Waals surface area contributed by atoms with Gasteiger partial charge in [0, 0.05) is 13.6 Å². The van der Waals surface area contributed by atoms with E-state index in [-0.39, 0.29) is 8.80 Å². The topological polar surface area (TPSA) is 0 Å². The number of hydrogen-bond donors (Lipinski definition) is 0. The van der Waals surface area contributed by atoms with Gasteiger partial charge in [0.15, 0.2) is 0 Å². The summed E-state index contributed by atoms with van der Waals surface area (Å²) in [4.78, 5) is 0.834. The van der Waals surface area contributed by atoms with Gasteiger partial charge in [-0.3, -0.25) is 0 Å². The van der Waals surface area contributed by atoms with Crippen LogP contribution in [0.25, 0.3) is 0 Å². The normalized spacial score (nSPS) is 33.0. The molecule has 0 atom stereocenters. The molecule has 2 heteroatoms. The number of alkyl halides is 1. The second-order valence-electron chi connectivity index (χ2n) is 8.28. The van der Waals surface area contributed by atoms with Crippen molar-refractivity contribution >= 4 is 24.7 Å². The van der Waals surface area contributed by atoms with Gasteiger partial charge in [0.1, 0.15) is 0 Å². The number of unbranched alkanes of at least 4 members (excludes halogenated alkanes) is 3. The molecule has 22 heavy (non-hydrogen) atoms. The SMILES string of the molecule is CCCCC[Si@H]1CC[C@H](CCCCC2CCC(Br)CC2)CC1. The number of hydrogen-bond acceptors (Lipinski definition) is 0. The monoisotopic (exact) mass is 386 g/mol. The predicted octanol–water partition coefficient (Wildman–Crippen LogP) is 7.33. The fourth-order valence-corrected chi connectivity index (χ4v) is 8.91. The molecule has 0 amide bonds. The van der Waals surface area contributed by atoms with Crippen LogP contribution < -0.4 is 0 Å². The second-order valence-corrected chi connectivity index (χ2v) is 13.0. The van der Waals surface area contributed by atoms with Gasteiger partial charge in [-0.15, -0.1) is 0 Å². The largest absolute Gasteiger partial charge is 0.0891 e. The van der Waals surface area contributed by atoms with Crippen molar-refractivity contribution in [3.8, 4) is 0 Å². The summed E-state index contributed by atoms with van der Waals surface area (Å²) in [6.07, 6.45) is 19.6. The Hall–Kier alpha value is 0.697. The summed E-state index contributed by atoms with van der Waals surface area (Å²) >= 11 is 3.78. The van der Waals surface area contributed by atoms with Crippen LogP contribution in [0.15, 0.2) is 0 Å². The third-order valence-electron chi connectivity index (χ3n) is 6.43. The second kappa shape index (κ2) is 11.3. The van der Waals surface area contributed by atoms with Gasteiger partial charge in [-0.25, -0.2) is 0 Å². The molecule has 0 unspecified atom stereocenters. The molecule has 1 aliphatic carbocycles. The van der Waals surface area contributed by atoms with E-state index in [9.17, 15) is 0 Å². The molecule has 2 aliphatic rings. The van der Waals surface area contributed by atoms with Crippen molar-refractivity contribution in [3.05, 3.63) is 0 Å². The van der Waals surface area contributed by atoms with Crippen molar-refractivity contribution in [1.82, 2.24) is 0 Å². The Morgan fingerprint density at radius 3 is 1.95 bits per heavy atom. The molecule has 2 rings (SSSR count). The molecule has 0 aromatic carbocycles. The van der Waals surface area contributed by atoms with Crippen LogP contribution in [-0.4, -0.2) is 13.6 Å². The molecule has 130 valence electrons. The molecule has 0 radical (unpaired) electrons. The summed E-state index contributed by atoms with van der Waals surface area (Å²) < 4.78 is 0. The van der Waals surface area contributed by atoms with Crippen LogP contribution in [0.3, 0.4) is 0 Å². The Morgan fingerprint density at radius 2 is 1.36 bits per heavy atom. The van der Waals surface area contributed by atoms with E-state index in [0.29, 0.717) is 0 Å². The van der Waals surface area contributed by atoms with Crippen LogP contribution in [0.2, 0.25) is 18.1 Å². The highest BCUT2D eigenvalue weighted by molar-refractivity contribution is 9.09. The zero-order valence-corrected chi connectivity index (χ0v) is 17.7. The molecule has 0 nitrogen and oxygen atoms in total. The summed E-state index contributed by atoms with van der Waals surface area (Å²) in [6.45, 7) is 2.34. The van der Waals surface area contributed by atoms with E-state index in [0.717, 1.165) is 16.7 Å². The minimum Gasteiger partial charge on any atom is -0.0891 e. The molecule has 0 bridgehead atoms. The van der Waals surface area contributed by atoms with Crippen molar-refractivity contribution in [3.63, 3.8) is 0 Å². The molecular formula is C20H39BrSi. The van der Waals surface area contributed by atoms with Crippen molar-refractivity contribution < 1.29 is 0 Å². The van der Waals surface area contributed by atoms with Crippen LogP contribution in [0.4, 0.5) is 0 Å². The Kier molecular flexibility index (Phi) is 9.76. The van der Waals surface area contributed by atoms with Gasteiger partial charge in [0.05, 0.1) is 0 Å². The van der Waals surface area contributed by atoms with Gasteiger partial charge in [0.2, 0.25) is 0 Å². The average Bonchev–Trinajstić information content (AvgIpc) is 2.55. The van der Waals surface area contributed by atoms with E-state index in [2.05, 4.69) is 22.9 Å². The standard InChI is InChI=1S/C20H39BrSi/c1-2-3-6-15-22-16-13-19(14-17-22)8-5-4-7-18-9-11-20(21)12-10-18/h18-20,22H,2-17H2,1H3/t18?,19-,20?,22-. The maximum absolute atomic E-state index is 3.78. The smallest absolute Gasteiger partial charge is 0.0368 e. The summed E-state index contributed by atoms with van der Waals surface area (Å²) in [7, 11) is -0.271. The van der Waals surface area contributed by atoms with Crippen molar-refractivity contribution in [2.24, 2.45) is 11.8 Å². The van der Waals surface area contributed by atoms with Crippen LogP contribution >= 0.6 is 15.9 Å². The fourth-order valence-electron chi connectivity index (χ4n) is 4.77. The predicted molar refractivity (Wildman–Crippen MR) is 107 cm³/mol. The molecule has 2 fully saturated rings. The van der Waals surface area contributed by atoms with E-state index in [1.165, 1.54) is 57.8 Å². The Balaban J connectivity index is 1.45. The molecule has 0 spiro atoms. The van der Waals surface area contributed by atoms with Gasteiger partial charge >= 0.3 is 0 Å². The Labute approximate surface area is 150 Å². The third-order valence-corrected chi connectivity index (χ3v) is 10.9. The van der Waals surface area contributed by atoms with Gasteiger partial charge in [-0.05, 0) is 37.5 Å². The van der Waals surface area contributed by atoms with Crippen LogP contribution in [0, 0.1) is 11.8 Å². The van der Waals surface area contributed by atoms with Crippen LogP contribution in [0.5, 0.6) is 0 Å². The van der Waals surface area contributed by atoms with Crippen molar-refractivity contribution in [2.45, 2.75) is 113 Å². The molecule has 0 N–H and O–H groups in total. The lowest BCUT2D eigenvalue weighted by Crippen LogP contribution is -2.21. The molecule has 1 saturated carbocycles. The number of rotatable bonds is 9. The van der Waals surface area contributed by atoms with Gasteiger partial charge in [-0.2, -0.15) is 0 Å². The minimum absolute atomic E-state index is 0.271. The van der Waals surface area contributed by atoms with E-state index < -0.39 is 0 Å². The quantitative estimate of drug-likeness (QED) is 0.221. The molecule has 1 heterocycles. The van der Waals surface area contributed by atoms with Crippen molar-refractivity contribution in [1.29, 1.82) is 0 Å². The first-order chi connectivity index (χ1) is 10.8. The number of halogens is 1. The molecule has 0 aromatic rings. The van der Waals surface area contributed by atoms with E-state index in [4.69, 9.17) is 0 Å². The van der Waals surface area contributed by atoms with Gasteiger partial charge in [-0.1, -0.05) is 98.8 Å². The van der Waals surface area contributed by atoms with Gasteiger partial charge < -0.3 is 0 Å². The lowest BCUT2D eigenvalue weighted by molar-refractivity contribution is 0.327. The highest BCUT2D eigenvalue weighted by Crippen LogP contribution is 2.34. The first-order valence-corrected chi connectivity index (χ1v) is 13.8. The average molecular weight is 388 g/mol. The van der Waals surface area contributed by atoms with Gasteiger partial charge in [0.25, 0.3) is 0 Å². The van der Waals surface area contributed by atoms with Crippen LogP contribution in [-0.2, 0) is 0 Å². The molecular weight excluding hydrogens is 348 g/mol. The first kappa shape index (κ1) is 19.0. The highest BCUT2D eigenvalue weighted by Gasteiger charge is 2.22. The molecule has 1 aliphatic heterocycles. The minimum atomic E-state index is -0.271. The lowest BCUT2D eigenvalue weighted by atomic mass is 9.85. The lowest BCUT2D eigenvalue weighted by Gasteiger charge is -2.28. The summed E-state index contributed by atoms with van der Waals surface area (Å²) in [5, 5.41) is 0. The maximum Gasteiger partial charge on any atom is 0.0368 e. The zero-order chi connectivity index (χ0) is 15.6. The Bertz CT molecular complexity index is 265. The summed E-state index contributed by atoms with van der Waals surface area (Å²) in [6, 6.07) is 5.03. The highest BCUT2D eigenvalue weighted by atomic mass is 79.9. The van der Waals surface area contributed by atoms with Crippen LogP contribution in [0.1, 0.15) is 90.4 Å². The summed E-state index contributed by atoms with van der Waals surface area (Å²) in [5.74, 6) is 2.18. The zero-order valence-electron chi connectivity index (χ0n) is 15.0. The third kappa shape index (κ3) is 7.51. The fraction of sp³-hybridized carbons (Fsp3) is 1.00. The molecule has 0 aromatic heterocycles. The first-order valence-electron chi connectivity index (χ1n) is 10.4. The van der Waals surface area contributed by atoms with Crippen molar-refractivity contribution in [2.75, 3.05) is 0 Å². The maximum atomic E-state index is 3.78. The summed E-state index contributed by atoms with van der Waals surface area (Å²) in [5.41, 5.74) is 0. The van der Waals surface area contributed by atoms with E-state index >= 15 is 0 Å².